The number of aromatic nitrogens is 2. The highest BCUT2D eigenvalue weighted by atomic mass is 35.5. The first-order valence-electron chi connectivity index (χ1n) is 6.97. The maximum absolute atomic E-state index is 12.2. The van der Waals surface area contributed by atoms with Crippen LogP contribution in [0.5, 0.6) is 0 Å². The smallest absolute Gasteiger partial charge is 0.254 e. The van der Waals surface area contributed by atoms with Gasteiger partial charge in [-0.05, 0) is 31.0 Å². The average molecular weight is 342 g/mol. The summed E-state index contributed by atoms with van der Waals surface area (Å²) in [7, 11) is 0. The molecule has 1 amide bonds. The van der Waals surface area contributed by atoms with Crippen LogP contribution in [-0.2, 0) is 0 Å². The van der Waals surface area contributed by atoms with Gasteiger partial charge in [-0.25, -0.2) is 4.68 Å². The quantitative estimate of drug-likeness (QED) is 0.848. The predicted octanol–water partition coefficient (Wildman–Crippen LogP) is 3.07. The Morgan fingerprint density at radius 3 is 2.86 bits per heavy atom. The number of aliphatic hydroxyl groups excluding tert-OH is 1. The lowest BCUT2D eigenvalue weighted by atomic mass is 10.1. The predicted molar refractivity (Wildman–Crippen MR) is 86.8 cm³/mol. The zero-order valence-electron chi connectivity index (χ0n) is 12.1. The van der Waals surface area contributed by atoms with Crippen molar-refractivity contribution < 1.29 is 9.90 Å². The third kappa shape index (κ3) is 4.00. The molecule has 1 unspecified atom stereocenters. The van der Waals surface area contributed by atoms with Gasteiger partial charge in [-0.1, -0.05) is 30.1 Å². The number of rotatable bonds is 6. The van der Waals surface area contributed by atoms with Gasteiger partial charge in [0.2, 0.25) is 0 Å². The monoisotopic (exact) mass is 341 g/mol. The van der Waals surface area contributed by atoms with Crippen LogP contribution in [0.25, 0.3) is 5.69 Å². The number of nitrogens with one attached hydrogen (secondary N) is 1. The van der Waals surface area contributed by atoms with Crippen molar-refractivity contribution in [1.82, 2.24) is 15.1 Å². The molecule has 1 heterocycles. The molecular formula is C15H17Cl2N3O2. The molecule has 2 rings (SSSR count). The first-order valence-corrected chi connectivity index (χ1v) is 7.72. The summed E-state index contributed by atoms with van der Waals surface area (Å²) in [5.41, 5.74) is 1.08. The summed E-state index contributed by atoms with van der Waals surface area (Å²) in [6.45, 7) is 2.00. The summed E-state index contributed by atoms with van der Waals surface area (Å²) >= 11 is 12.0. The number of halogens is 2. The van der Waals surface area contributed by atoms with Gasteiger partial charge in [0.15, 0.2) is 0 Å². The van der Waals surface area contributed by atoms with E-state index in [-0.39, 0.29) is 18.6 Å². The highest BCUT2D eigenvalue weighted by Crippen LogP contribution is 2.24. The van der Waals surface area contributed by atoms with Crippen molar-refractivity contribution in [3.8, 4) is 5.69 Å². The van der Waals surface area contributed by atoms with Gasteiger partial charge in [-0.2, -0.15) is 5.10 Å². The molecular weight excluding hydrogens is 325 g/mol. The van der Waals surface area contributed by atoms with Crippen LogP contribution in [0.3, 0.4) is 0 Å². The molecule has 0 saturated carbocycles. The first-order chi connectivity index (χ1) is 10.5. The van der Waals surface area contributed by atoms with Gasteiger partial charge < -0.3 is 10.4 Å². The molecule has 0 aliphatic rings. The summed E-state index contributed by atoms with van der Waals surface area (Å²) in [6, 6.07) is 5.01. The molecule has 22 heavy (non-hydrogen) atoms. The van der Waals surface area contributed by atoms with Crippen molar-refractivity contribution in [2.24, 2.45) is 0 Å². The van der Waals surface area contributed by atoms with E-state index in [1.807, 2.05) is 6.92 Å². The fourth-order valence-electron chi connectivity index (χ4n) is 2.04. The molecule has 1 aromatic carbocycles. The molecule has 0 aliphatic carbocycles. The van der Waals surface area contributed by atoms with Crippen LogP contribution in [0.2, 0.25) is 10.0 Å². The molecule has 0 aliphatic heterocycles. The number of amides is 1. The Hall–Kier alpha value is -1.56. The zero-order chi connectivity index (χ0) is 16.1. The number of hydrogen-bond acceptors (Lipinski definition) is 3. The topological polar surface area (TPSA) is 67.2 Å². The van der Waals surface area contributed by atoms with Crippen molar-refractivity contribution in [2.75, 3.05) is 6.61 Å². The van der Waals surface area contributed by atoms with Gasteiger partial charge in [0.1, 0.15) is 0 Å². The molecule has 0 fully saturated rings. The SMILES string of the molecule is CCC(CCO)NC(=O)c1cnn(-c2ccc(Cl)cc2Cl)c1. The van der Waals surface area contributed by atoms with E-state index < -0.39 is 0 Å². The van der Waals surface area contributed by atoms with E-state index in [0.717, 1.165) is 6.42 Å². The minimum Gasteiger partial charge on any atom is -0.396 e. The molecule has 0 spiro atoms. The molecule has 1 atom stereocenters. The fourth-order valence-corrected chi connectivity index (χ4v) is 2.54. The molecule has 1 aromatic heterocycles. The van der Waals surface area contributed by atoms with Gasteiger partial charge in [-0.3, -0.25) is 4.79 Å². The number of benzene rings is 1. The first kappa shape index (κ1) is 16.8. The Kier molecular flexibility index (Phi) is 5.83. The summed E-state index contributed by atoms with van der Waals surface area (Å²) < 4.78 is 1.53. The zero-order valence-corrected chi connectivity index (χ0v) is 13.6. The number of nitrogens with zero attached hydrogens (tertiary/aromatic N) is 2. The molecule has 5 nitrogen and oxygen atoms in total. The third-order valence-electron chi connectivity index (χ3n) is 3.31. The average Bonchev–Trinajstić information content (AvgIpc) is 2.96. The standard InChI is InChI=1S/C15H17Cl2N3O2/c1-2-12(5-6-21)19-15(22)10-8-18-20(9-10)14-4-3-11(16)7-13(14)17/h3-4,7-9,12,21H,2,5-6H2,1H3,(H,19,22). The van der Waals surface area contributed by atoms with Crippen LogP contribution in [0, 0.1) is 0 Å². The second-order valence-corrected chi connectivity index (χ2v) is 5.70. The number of carbonyl (C=O) groups excluding carboxylic acids is 1. The molecule has 0 bridgehead atoms. The van der Waals surface area contributed by atoms with Gasteiger partial charge in [0.05, 0.1) is 22.5 Å². The minimum absolute atomic E-state index is 0.0401. The molecule has 2 aromatic rings. The van der Waals surface area contributed by atoms with Gasteiger partial charge in [-0.15, -0.1) is 0 Å². The van der Waals surface area contributed by atoms with Crippen LogP contribution in [-0.4, -0.2) is 33.4 Å². The van der Waals surface area contributed by atoms with E-state index in [9.17, 15) is 4.79 Å². The van der Waals surface area contributed by atoms with Crippen LogP contribution >= 0.6 is 23.2 Å². The van der Waals surface area contributed by atoms with Crippen molar-refractivity contribution in [3.63, 3.8) is 0 Å². The summed E-state index contributed by atoms with van der Waals surface area (Å²) in [6.07, 6.45) is 4.37. The highest BCUT2D eigenvalue weighted by Gasteiger charge is 2.14. The van der Waals surface area contributed by atoms with Crippen LogP contribution in [0.15, 0.2) is 30.6 Å². The Bertz CT molecular complexity index is 658. The highest BCUT2D eigenvalue weighted by molar-refractivity contribution is 6.35. The molecule has 0 saturated heterocycles. The maximum Gasteiger partial charge on any atom is 0.254 e. The second-order valence-electron chi connectivity index (χ2n) is 4.86. The van der Waals surface area contributed by atoms with Crippen LogP contribution < -0.4 is 5.32 Å². The van der Waals surface area contributed by atoms with E-state index in [4.69, 9.17) is 28.3 Å². The number of carbonyl (C=O) groups is 1. The van der Waals surface area contributed by atoms with E-state index in [1.165, 1.54) is 10.9 Å². The molecule has 7 heteroatoms. The van der Waals surface area contributed by atoms with Gasteiger partial charge >= 0.3 is 0 Å². The van der Waals surface area contributed by atoms with Crippen molar-refractivity contribution in [3.05, 3.63) is 46.2 Å². The largest absolute Gasteiger partial charge is 0.396 e. The normalized spacial score (nSPS) is 12.2. The molecule has 2 N–H and O–H groups in total. The molecule has 118 valence electrons. The van der Waals surface area contributed by atoms with Gasteiger partial charge in [0.25, 0.3) is 5.91 Å². The third-order valence-corrected chi connectivity index (χ3v) is 3.84. The van der Waals surface area contributed by atoms with E-state index >= 15 is 0 Å². The fraction of sp³-hybridized carbons (Fsp3) is 0.333. The minimum atomic E-state index is -0.225. The van der Waals surface area contributed by atoms with Crippen LogP contribution in [0.1, 0.15) is 30.1 Å². The Balaban J connectivity index is 2.15. The number of hydrogen-bond donors (Lipinski definition) is 2. The van der Waals surface area contributed by atoms with Crippen molar-refractivity contribution in [2.45, 2.75) is 25.8 Å². The van der Waals surface area contributed by atoms with Crippen LogP contribution in [0.4, 0.5) is 0 Å². The summed E-state index contributed by atoms with van der Waals surface area (Å²) in [5, 5.41) is 17.0. The van der Waals surface area contributed by atoms with Crippen molar-refractivity contribution in [1.29, 1.82) is 0 Å². The maximum atomic E-state index is 12.2. The summed E-state index contributed by atoms with van der Waals surface area (Å²) in [5.74, 6) is -0.225. The second kappa shape index (κ2) is 7.63. The van der Waals surface area contributed by atoms with Crippen molar-refractivity contribution >= 4 is 29.1 Å². The Labute approximate surface area is 138 Å². The lowest BCUT2D eigenvalue weighted by molar-refractivity contribution is 0.0929. The number of aliphatic hydroxyl groups is 1. The van der Waals surface area contributed by atoms with E-state index in [2.05, 4.69) is 10.4 Å². The van der Waals surface area contributed by atoms with Gasteiger partial charge in [0, 0.05) is 23.9 Å². The lowest BCUT2D eigenvalue weighted by Crippen LogP contribution is -2.34. The molecule has 0 radical (unpaired) electrons. The lowest BCUT2D eigenvalue weighted by Gasteiger charge is -2.14. The Morgan fingerprint density at radius 1 is 1.45 bits per heavy atom. The summed E-state index contributed by atoms with van der Waals surface area (Å²) in [4.78, 5) is 12.2. The van der Waals surface area contributed by atoms with E-state index in [1.54, 1.807) is 24.4 Å². The van der Waals surface area contributed by atoms with E-state index in [0.29, 0.717) is 27.7 Å². The Morgan fingerprint density at radius 2 is 2.23 bits per heavy atom.